The van der Waals surface area contributed by atoms with Gasteiger partial charge in [0, 0.05) is 18.2 Å². The molecule has 1 aliphatic rings. The summed E-state index contributed by atoms with van der Waals surface area (Å²) in [6.07, 6.45) is 0.624. The van der Waals surface area contributed by atoms with E-state index in [1.165, 1.54) is 4.90 Å². The van der Waals surface area contributed by atoms with Gasteiger partial charge in [-0.3, -0.25) is 4.79 Å². The Balaban J connectivity index is 2.05. The first-order valence-electron chi connectivity index (χ1n) is 6.22. The Bertz CT molecular complexity index is 700. The minimum atomic E-state index is -0.823. The number of nitrogens with two attached hydrogens (primary N) is 1. The van der Waals surface area contributed by atoms with Crippen LogP contribution < -0.4 is 10.6 Å². The van der Waals surface area contributed by atoms with Gasteiger partial charge >= 0.3 is 0 Å². The highest BCUT2D eigenvalue weighted by Gasteiger charge is 2.27. The summed E-state index contributed by atoms with van der Waals surface area (Å²) in [4.78, 5) is 13.7. The Labute approximate surface area is 114 Å². The van der Waals surface area contributed by atoms with E-state index in [0.717, 1.165) is 11.6 Å². The molecule has 0 atom stereocenters. The van der Waals surface area contributed by atoms with Crippen LogP contribution in [-0.2, 0) is 6.42 Å². The number of hydrogen-bond acceptors (Lipinski definition) is 2. The average Bonchev–Trinajstić information content (AvgIpc) is 2.44. The van der Waals surface area contributed by atoms with Crippen molar-refractivity contribution in [2.75, 3.05) is 17.2 Å². The number of carbonyl (C=O) groups is 1. The highest BCUT2D eigenvalue weighted by Crippen LogP contribution is 2.29. The summed E-state index contributed by atoms with van der Waals surface area (Å²) >= 11 is 0. The summed E-state index contributed by atoms with van der Waals surface area (Å²) in [6.45, 7) is 0.345. The molecular weight excluding hydrogens is 262 g/mol. The topological polar surface area (TPSA) is 46.3 Å². The van der Waals surface area contributed by atoms with E-state index in [4.69, 9.17) is 5.73 Å². The van der Waals surface area contributed by atoms with E-state index in [1.54, 1.807) is 12.1 Å². The molecule has 2 aromatic rings. The lowest BCUT2D eigenvalue weighted by Gasteiger charge is -2.29. The first-order valence-corrected chi connectivity index (χ1v) is 6.22. The number of carbonyl (C=O) groups excluding carboxylic acids is 1. The summed E-state index contributed by atoms with van der Waals surface area (Å²) in [6, 6.07) is 9.07. The quantitative estimate of drug-likeness (QED) is 0.813. The Morgan fingerprint density at radius 1 is 1.10 bits per heavy atom. The zero-order chi connectivity index (χ0) is 14.3. The van der Waals surface area contributed by atoms with E-state index < -0.39 is 11.6 Å². The van der Waals surface area contributed by atoms with Crippen molar-refractivity contribution in [3.05, 3.63) is 59.2 Å². The molecule has 1 aliphatic heterocycles. The number of amides is 1. The molecule has 3 nitrogen and oxygen atoms in total. The van der Waals surface area contributed by atoms with Crippen LogP contribution in [0.4, 0.5) is 20.2 Å². The zero-order valence-corrected chi connectivity index (χ0v) is 10.6. The molecule has 0 fully saturated rings. The van der Waals surface area contributed by atoms with Gasteiger partial charge in [-0.1, -0.05) is 18.2 Å². The van der Waals surface area contributed by atoms with E-state index in [2.05, 4.69) is 0 Å². The molecule has 20 heavy (non-hydrogen) atoms. The van der Waals surface area contributed by atoms with Crippen LogP contribution >= 0.6 is 0 Å². The van der Waals surface area contributed by atoms with Crippen LogP contribution in [0.1, 0.15) is 15.9 Å². The van der Waals surface area contributed by atoms with Crippen molar-refractivity contribution in [1.29, 1.82) is 0 Å². The molecule has 1 heterocycles. The molecular formula is C15H12F2N2O. The normalized spacial score (nSPS) is 14.3. The van der Waals surface area contributed by atoms with Gasteiger partial charge in [-0.15, -0.1) is 0 Å². The van der Waals surface area contributed by atoms with Gasteiger partial charge in [-0.25, -0.2) is 8.78 Å². The lowest BCUT2D eigenvalue weighted by Crippen LogP contribution is -2.38. The monoisotopic (exact) mass is 274 g/mol. The van der Waals surface area contributed by atoms with Crippen LogP contribution in [-0.4, -0.2) is 12.5 Å². The highest BCUT2D eigenvalue weighted by molar-refractivity contribution is 6.08. The van der Waals surface area contributed by atoms with E-state index in [-0.39, 0.29) is 17.3 Å². The molecule has 0 spiro atoms. The van der Waals surface area contributed by atoms with Gasteiger partial charge < -0.3 is 10.6 Å². The van der Waals surface area contributed by atoms with Crippen molar-refractivity contribution in [1.82, 2.24) is 0 Å². The minimum Gasteiger partial charge on any atom is -0.396 e. The van der Waals surface area contributed by atoms with E-state index in [9.17, 15) is 13.6 Å². The second-order valence-electron chi connectivity index (χ2n) is 4.69. The fraction of sp³-hybridized carbons (Fsp3) is 0.133. The number of nitrogen functional groups attached to an aromatic ring is 1. The molecule has 0 unspecified atom stereocenters. The minimum absolute atomic E-state index is 0.0170. The van der Waals surface area contributed by atoms with E-state index >= 15 is 0 Å². The lowest BCUT2D eigenvalue weighted by atomic mass is 9.98. The molecule has 0 saturated carbocycles. The Morgan fingerprint density at radius 3 is 2.65 bits per heavy atom. The summed E-state index contributed by atoms with van der Waals surface area (Å²) in [7, 11) is 0. The maximum absolute atomic E-state index is 13.9. The second kappa shape index (κ2) is 4.59. The van der Waals surface area contributed by atoms with Crippen molar-refractivity contribution in [3.63, 3.8) is 0 Å². The first kappa shape index (κ1) is 12.6. The summed E-state index contributed by atoms with van der Waals surface area (Å²) in [5, 5.41) is 0. The van der Waals surface area contributed by atoms with E-state index in [1.807, 2.05) is 12.1 Å². The van der Waals surface area contributed by atoms with Crippen molar-refractivity contribution in [3.8, 4) is 0 Å². The number of fused-ring (bicyclic) bond motifs is 1. The molecule has 102 valence electrons. The third-order valence-electron chi connectivity index (χ3n) is 3.45. The first-order chi connectivity index (χ1) is 9.58. The van der Waals surface area contributed by atoms with Crippen LogP contribution in [0, 0.1) is 11.6 Å². The van der Waals surface area contributed by atoms with Gasteiger partial charge in [0.05, 0.1) is 11.4 Å². The smallest absolute Gasteiger partial charge is 0.258 e. The Kier molecular flexibility index (Phi) is 2.89. The summed E-state index contributed by atoms with van der Waals surface area (Å²) < 4.78 is 27.1. The largest absolute Gasteiger partial charge is 0.396 e. The fourth-order valence-electron chi connectivity index (χ4n) is 2.42. The Morgan fingerprint density at radius 2 is 1.85 bits per heavy atom. The SMILES string of the molecule is Nc1cc(N2CCc3ccccc3C2=O)c(F)cc1F. The second-order valence-corrected chi connectivity index (χ2v) is 4.69. The number of benzene rings is 2. The maximum Gasteiger partial charge on any atom is 0.258 e. The molecule has 3 rings (SSSR count). The van der Waals surface area contributed by atoms with Crippen molar-refractivity contribution in [2.45, 2.75) is 6.42 Å². The number of nitrogens with zero attached hydrogens (tertiary/aromatic N) is 1. The van der Waals surface area contributed by atoms with Gasteiger partial charge in [0.1, 0.15) is 11.6 Å². The molecule has 1 amide bonds. The molecule has 5 heteroatoms. The molecule has 0 saturated heterocycles. The molecule has 0 radical (unpaired) electrons. The third kappa shape index (κ3) is 1.91. The van der Waals surface area contributed by atoms with Gasteiger partial charge in [0.2, 0.25) is 0 Å². The average molecular weight is 274 g/mol. The van der Waals surface area contributed by atoms with Crippen molar-refractivity contribution >= 4 is 17.3 Å². The van der Waals surface area contributed by atoms with Crippen molar-refractivity contribution < 1.29 is 13.6 Å². The predicted molar refractivity (Wildman–Crippen MR) is 72.6 cm³/mol. The number of halogens is 2. The lowest BCUT2D eigenvalue weighted by molar-refractivity contribution is 0.0979. The van der Waals surface area contributed by atoms with Gasteiger partial charge in [-0.05, 0) is 24.1 Å². The van der Waals surface area contributed by atoms with Crippen LogP contribution in [0.2, 0.25) is 0 Å². The van der Waals surface area contributed by atoms with Crippen molar-refractivity contribution in [2.24, 2.45) is 0 Å². The van der Waals surface area contributed by atoms with Crippen LogP contribution in [0.5, 0.6) is 0 Å². The summed E-state index contributed by atoms with van der Waals surface area (Å²) in [5.74, 6) is -1.91. The predicted octanol–water partition coefficient (Wildman–Crippen LogP) is 2.75. The number of anilines is 2. The van der Waals surface area contributed by atoms with Gasteiger partial charge in [0.15, 0.2) is 0 Å². The van der Waals surface area contributed by atoms with Crippen LogP contribution in [0.3, 0.4) is 0 Å². The maximum atomic E-state index is 13.9. The molecule has 0 aromatic heterocycles. The van der Waals surface area contributed by atoms with Crippen LogP contribution in [0.25, 0.3) is 0 Å². The summed E-state index contributed by atoms with van der Waals surface area (Å²) in [5.41, 5.74) is 6.78. The number of rotatable bonds is 1. The molecule has 0 aliphatic carbocycles. The third-order valence-corrected chi connectivity index (χ3v) is 3.45. The molecule has 2 aromatic carbocycles. The standard InChI is InChI=1S/C15H12F2N2O/c16-11-7-12(17)14(8-13(11)18)19-6-5-9-3-1-2-4-10(9)15(19)20/h1-4,7-8H,5-6,18H2. The fourth-order valence-corrected chi connectivity index (χ4v) is 2.42. The van der Waals surface area contributed by atoms with E-state index in [0.29, 0.717) is 24.6 Å². The number of hydrogen-bond donors (Lipinski definition) is 1. The zero-order valence-electron chi connectivity index (χ0n) is 10.6. The van der Waals surface area contributed by atoms with Crippen LogP contribution in [0.15, 0.2) is 36.4 Å². The van der Waals surface area contributed by atoms with Gasteiger partial charge in [-0.2, -0.15) is 0 Å². The van der Waals surface area contributed by atoms with Gasteiger partial charge in [0.25, 0.3) is 5.91 Å². The molecule has 0 bridgehead atoms. The highest BCUT2D eigenvalue weighted by atomic mass is 19.1. The molecule has 2 N–H and O–H groups in total. The Hall–Kier alpha value is -2.43.